The molecule has 1 amide bonds. The van der Waals surface area contributed by atoms with Crippen molar-refractivity contribution < 1.29 is 4.79 Å². The highest BCUT2D eigenvalue weighted by Crippen LogP contribution is 2.24. The number of fused-ring (bicyclic) bond motifs is 1. The highest BCUT2D eigenvalue weighted by Gasteiger charge is 2.22. The maximum Gasteiger partial charge on any atom is 0.254 e. The molecule has 4 rings (SSSR count). The number of aryl methyl sites for hydroxylation is 1. The monoisotopic (exact) mass is 334 g/mol. The van der Waals surface area contributed by atoms with Crippen molar-refractivity contribution in [3.05, 3.63) is 60.6 Å². The summed E-state index contributed by atoms with van der Waals surface area (Å²) in [5, 5.41) is 2.97. The molecule has 0 spiro atoms. The van der Waals surface area contributed by atoms with Gasteiger partial charge >= 0.3 is 0 Å². The van der Waals surface area contributed by atoms with Crippen molar-refractivity contribution in [2.75, 3.05) is 6.54 Å². The Labute approximate surface area is 145 Å². The minimum absolute atomic E-state index is 0.170. The van der Waals surface area contributed by atoms with E-state index in [0.29, 0.717) is 23.6 Å². The quantitative estimate of drug-likeness (QED) is 0.789. The number of nitrogens with one attached hydrogen (secondary N) is 1. The van der Waals surface area contributed by atoms with E-state index in [9.17, 15) is 4.79 Å². The Morgan fingerprint density at radius 2 is 2.04 bits per heavy atom. The van der Waals surface area contributed by atoms with Gasteiger partial charge < -0.3 is 9.88 Å². The van der Waals surface area contributed by atoms with Crippen molar-refractivity contribution in [2.45, 2.75) is 25.3 Å². The highest BCUT2D eigenvalue weighted by molar-refractivity contribution is 5.93. The third-order valence-corrected chi connectivity index (χ3v) is 4.38. The van der Waals surface area contributed by atoms with Crippen molar-refractivity contribution in [2.24, 2.45) is 0 Å². The number of hydrogen-bond donors (Lipinski definition) is 1. The van der Waals surface area contributed by atoms with E-state index in [1.54, 1.807) is 6.20 Å². The lowest BCUT2D eigenvalue weighted by atomic mass is 9.99. The summed E-state index contributed by atoms with van der Waals surface area (Å²) in [6.45, 7) is 1.57. The van der Waals surface area contributed by atoms with E-state index in [0.717, 1.165) is 25.2 Å². The van der Waals surface area contributed by atoms with Gasteiger partial charge in [0.05, 0.1) is 5.56 Å². The summed E-state index contributed by atoms with van der Waals surface area (Å²) in [7, 11) is 0. The predicted molar refractivity (Wildman–Crippen MR) is 91.8 cm³/mol. The Balaban J connectivity index is 1.41. The van der Waals surface area contributed by atoms with E-state index < -0.39 is 0 Å². The number of imidazole rings is 1. The SMILES string of the molecule is O=C(NCC1CCCn2ccnc21)c1cnc(-c2ccccn2)nc1. The third kappa shape index (κ3) is 3.26. The summed E-state index contributed by atoms with van der Waals surface area (Å²) in [6.07, 6.45) is 10.7. The van der Waals surface area contributed by atoms with E-state index in [-0.39, 0.29) is 11.8 Å². The average Bonchev–Trinajstić information content (AvgIpc) is 3.16. The summed E-state index contributed by atoms with van der Waals surface area (Å²) >= 11 is 0. The first-order valence-corrected chi connectivity index (χ1v) is 8.34. The topological polar surface area (TPSA) is 85.6 Å². The molecule has 1 N–H and O–H groups in total. The van der Waals surface area contributed by atoms with Gasteiger partial charge in [0, 0.05) is 50.0 Å². The van der Waals surface area contributed by atoms with Crippen LogP contribution < -0.4 is 5.32 Å². The van der Waals surface area contributed by atoms with Crippen LogP contribution in [0.15, 0.2) is 49.2 Å². The fourth-order valence-corrected chi connectivity index (χ4v) is 3.09. The lowest BCUT2D eigenvalue weighted by Crippen LogP contribution is -2.31. The molecule has 0 saturated carbocycles. The molecule has 1 unspecified atom stereocenters. The summed E-state index contributed by atoms with van der Waals surface area (Å²) < 4.78 is 2.16. The molecular weight excluding hydrogens is 316 g/mol. The van der Waals surface area contributed by atoms with Gasteiger partial charge in [0.1, 0.15) is 11.5 Å². The number of nitrogens with zero attached hydrogens (tertiary/aromatic N) is 5. The number of carbonyl (C=O) groups excluding carboxylic acids is 1. The van der Waals surface area contributed by atoms with Gasteiger partial charge in [0.15, 0.2) is 5.82 Å². The Hall–Kier alpha value is -3.09. The van der Waals surface area contributed by atoms with Gasteiger partial charge in [-0.3, -0.25) is 9.78 Å². The van der Waals surface area contributed by atoms with Gasteiger partial charge in [-0.15, -0.1) is 0 Å². The third-order valence-electron chi connectivity index (χ3n) is 4.38. The Kier molecular flexibility index (Phi) is 4.20. The van der Waals surface area contributed by atoms with Crippen molar-refractivity contribution in [1.82, 2.24) is 29.8 Å². The molecule has 0 aliphatic carbocycles. The smallest absolute Gasteiger partial charge is 0.254 e. The summed E-state index contributed by atoms with van der Waals surface area (Å²) in [5.74, 6) is 1.64. The van der Waals surface area contributed by atoms with Crippen LogP contribution in [0.2, 0.25) is 0 Å². The van der Waals surface area contributed by atoms with Crippen molar-refractivity contribution in [1.29, 1.82) is 0 Å². The molecular formula is C18H18N6O. The maximum absolute atomic E-state index is 12.4. The molecule has 7 heteroatoms. The number of amides is 1. The van der Waals surface area contributed by atoms with Gasteiger partial charge in [-0.2, -0.15) is 0 Å². The normalized spacial score (nSPS) is 16.2. The zero-order valence-corrected chi connectivity index (χ0v) is 13.7. The van der Waals surface area contributed by atoms with E-state index in [1.165, 1.54) is 12.4 Å². The Bertz CT molecular complexity index is 859. The second-order valence-corrected chi connectivity index (χ2v) is 6.04. The lowest BCUT2D eigenvalue weighted by Gasteiger charge is -2.23. The highest BCUT2D eigenvalue weighted by atomic mass is 16.1. The fourth-order valence-electron chi connectivity index (χ4n) is 3.09. The van der Waals surface area contributed by atoms with E-state index in [1.807, 2.05) is 30.6 Å². The molecule has 3 aromatic rings. The van der Waals surface area contributed by atoms with Crippen LogP contribution in [0, 0.1) is 0 Å². The van der Waals surface area contributed by atoms with Gasteiger partial charge in [0.2, 0.25) is 0 Å². The molecule has 0 aromatic carbocycles. The molecule has 1 aliphatic rings. The molecule has 126 valence electrons. The number of hydrogen-bond acceptors (Lipinski definition) is 5. The predicted octanol–water partition coefficient (Wildman–Crippen LogP) is 2.04. The molecule has 7 nitrogen and oxygen atoms in total. The number of pyridine rings is 1. The van der Waals surface area contributed by atoms with Crippen LogP contribution in [0.25, 0.3) is 11.5 Å². The van der Waals surface area contributed by atoms with E-state index >= 15 is 0 Å². The van der Waals surface area contributed by atoms with Crippen LogP contribution in [0.3, 0.4) is 0 Å². The second kappa shape index (κ2) is 6.80. The first-order valence-electron chi connectivity index (χ1n) is 8.34. The molecule has 0 fully saturated rings. The zero-order chi connectivity index (χ0) is 17.1. The van der Waals surface area contributed by atoms with E-state index in [2.05, 4.69) is 29.8 Å². The lowest BCUT2D eigenvalue weighted by molar-refractivity contribution is 0.0948. The first kappa shape index (κ1) is 15.4. The molecule has 3 aromatic heterocycles. The first-order chi connectivity index (χ1) is 12.3. The average molecular weight is 334 g/mol. The van der Waals surface area contributed by atoms with Gasteiger partial charge in [0.25, 0.3) is 5.91 Å². The van der Waals surface area contributed by atoms with Crippen LogP contribution in [0.1, 0.15) is 34.9 Å². The summed E-state index contributed by atoms with van der Waals surface area (Å²) in [5.41, 5.74) is 1.13. The van der Waals surface area contributed by atoms with Gasteiger partial charge in [-0.1, -0.05) is 6.07 Å². The van der Waals surface area contributed by atoms with Crippen LogP contribution >= 0.6 is 0 Å². The molecule has 0 bridgehead atoms. The van der Waals surface area contributed by atoms with Crippen LogP contribution in [-0.2, 0) is 6.54 Å². The maximum atomic E-state index is 12.4. The summed E-state index contributed by atoms with van der Waals surface area (Å²) in [6, 6.07) is 5.54. The molecule has 0 saturated heterocycles. The number of rotatable bonds is 4. The van der Waals surface area contributed by atoms with Crippen molar-refractivity contribution >= 4 is 5.91 Å². The fraction of sp³-hybridized carbons (Fsp3) is 0.278. The molecule has 1 atom stereocenters. The van der Waals surface area contributed by atoms with Gasteiger partial charge in [-0.05, 0) is 25.0 Å². The zero-order valence-electron chi connectivity index (χ0n) is 13.7. The van der Waals surface area contributed by atoms with Crippen LogP contribution in [0.5, 0.6) is 0 Å². The second-order valence-electron chi connectivity index (χ2n) is 6.04. The number of aromatic nitrogens is 5. The van der Waals surface area contributed by atoms with Crippen molar-refractivity contribution in [3.63, 3.8) is 0 Å². The van der Waals surface area contributed by atoms with E-state index in [4.69, 9.17) is 0 Å². The molecule has 25 heavy (non-hydrogen) atoms. The Morgan fingerprint density at radius 3 is 2.84 bits per heavy atom. The van der Waals surface area contributed by atoms with Gasteiger partial charge in [-0.25, -0.2) is 15.0 Å². The Morgan fingerprint density at radius 1 is 1.16 bits per heavy atom. The van der Waals surface area contributed by atoms with Crippen molar-refractivity contribution in [3.8, 4) is 11.5 Å². The molecule has 0 radical (unpaired) electrons. The van der Waals surface area contributed by atoms with Crippen LogP contribution in [-0.4, -0.2) is 37.0 Å². The molecule has 4 heterocycles. The summed E-state index contributed by atoms with van der Waals surface area (Å²) in [4.78, 5) is 29.5. The molecule has 1 aliphatic heterocycles. The minimum Gasteiger partial charge on any atom is -0.351 e. The van der Waals surface area contributed by atoms with Crippen LogP contribution in [0.4, 0.5) is 0 Å². The minimum atomic E-state index is -0.170. The largest absolute Gasteiger partial charge is 0.351 e. The standard InChI is InChI=1S/C18H18N6O/c25-18(23-10-13-4-3-8-24-9-7-20-17(13)24)14-11-21-16(22-12-14)15-5-1-2-6-19-15/h1-2,5-7,9,11-13H,3-4,8,10H2,(H,23,25). The number of carbonyl (C=O) groups is 1.